The summed E-state index contributed by atoms with van der Waals surface area (Å²) >= 11 is 0. The van der Waals surface area contributed by atoms with Crippen LogP contribution >= 0.6 is 0 Å². The molecule has 1 aliphatic rings. The molecule has 0 amide bonds. The number of aliphatic hydroxyl groups is 1. The van der Waals surface area contributed by atoms with Crippen molar-refractivity contribution in [1.29, 1.82) is 0 Å². The molecule has 5 rings (SSSR count). The zero-order valence-electron chi connectivity index (χ0n) is 20.9. The van der Waals surface area contributed by atoms with E-state index in [1.54, 1.807) is 7.11 Å². The second kappa shape index (κ2) is 9.97. The van der Waals surface area contributed by atoms with Crippen LogP contribution in [0.2, 0.25) is 0 Å². The second-order valence-corrected chi connectivity index (χ2v) is 10.1. The number of fused-ring (bicyclic) bond motifs is 1. The molecule has 1 fully saturated rings. The number of methoxy groups -OCH3 is 1. The summed E-state index contributed by atoms with van der Waals surface area (Å²) in [6.07, 6.45) is 3.05. The first kappa shape index (κ1) is 23.8. The summed E-state index contributed by atoms with van der Waals surface area (Å²) in [7, 11) is 5.86. The Kier molecular flexibility index (Phi) is 6.77. The third-order valence-corrected chi connectivity index (χ3v) is 7.42. The van der Waals surface area contributed by atoms with E-state index in [4.69, 9.17) is 4.74 Å². The minimum absolute atomic E-state index is 0.289. The monoisotopic (exact) mass is 463 g/mol. The van der Waals surface area contributed by atoms with E-state index >= 15 is 0 Å². The number of ether oxygens (including phenoxy) is 1. The molecule has 4 aromatic rings. The predicted octanol–water partition coefficient (Wildman–Crippen LogP) is 6.04. The van der Waals surface area contributed by atoms with Gasteiger partial charge in [-0.1, -0.05) is 0 Å². The summed E-state index contributed by atoms with van der Waals surface area (Å²) in [4.78, 5) is 2.15. The number of nitrogens with zero attached hydrogens (tertiary/aromatic N) is 1. The molecule has 3 aromatic carbocycles. The normalized spacial score (nSPS) is 16.1. The van der Waals surface area contributed by atoms with Crippen molar-refractivity contribution in [3.05, 3.63) is 107 Å². The number of hydrogen-bond acceptors (Lipinski definition) is 3. The number of benzene rings is 3. The molecule has 0 spiro atoms. The summed E-state index contributed by atoms with van der Waals surface area (Å²) in [5.41, 5.74) is 4.12. The zero-order valence-corrected chi connectivity index (χ0v) is 20.9. The Hall–Kier alpha value is -2.95. The molecule has 0 aliphatic heterocycles. The van der Waals surface area contributed by atoms with Crippen molar-refractivity contribution in [1.82, 2.24) is 4.90 Å². The fraction of sp³-hybridized carbons (Fsp3) is 0.323. The molecule has 0 bridgehead atoms. The quantitative estimate of drug-likeness (QED) is 0.329. The van der Waals surface area contributed by atoms with E-state index in [1.165, 1.54) is 18.4 Å². The molecule has 1 aromatic heterocycles. The van der Waals surface area contributed by atoms with E-state index in [2.05, 4.69) is 105 Å². The van der Waals surface area contributed by atoms with Crippen LogP contribution in [0.1, 0.15) is 53.4 Å². The maximum atomic E-state index is 13.0. The molecule has 2 unspecified atom stereocenters. The van der Waals surface area contributed by atoms with E-state index < -0.39 is 5.60 Å². The van der Waals surface area contributed by atoms with Gasteiger partial charge in [0.25, 0.3) is 0 Å². The molecule has 4 heteroatoms. The van der Waals surface area contributed by atoms with Gasteiger partial charge in [0.2, 0.25) is 0 Å². The molecule has 0 radical (unpaired) electrons. The van der Waals surface area contributed by atoms with Gasteiger partial charge >= 0.3 is 210 Å². The fourth-order valence-electron chi connectivity index (χ4n) is 5.44. The Balaban J connectivity index is 1.79. The van der Waals surface area contributed by atoms with Gasteiger partial charge < -0.3 is 0 Å². The second-order valence-electron chi connectivity index (χ2n) is 10.1. The molecule has 3 nitrogen and oxygen atoms in total. The number of hydrogen-bond donors (Lipinski definition) is 1. The van der Waals surface area contributed by atoms with Crippen molar-refractivity contribution in [3.63, 3.8) is 0 Å². The van der Waals surface area contributed by atoms with E-state index in [9.17, 15) is 5.11 Å². The third kappa shape index (κ3) is 4.78. The van der Waals surface area contributed by atoms with E-state index in [-0.39, 0.29) is 5.92 Å². The average Bonchev–Trinajstić information content (AvgIpc) is 3.74. The van der Waals surface area contributed by atoms with Crippen LogP contribution in [-0.4, -0.2) is 44.7 Å². The van der Waals surface area contributed by atoms with Crippen molar-refractivity contribution in [2.45, 2.75) is 36.7 Å². The maximum absolute atomic E-state index is 13.0. The van der Waals surface area contributed by atoms with Crippen LogP contribution in [0, 0.1) is 0 Å². The topological polar surface area (TPSA) is 32.7 Å². The first-order valence-electron chi connectivity index (χ1n) is 12.6. The molecular weight excluding hydrogens is 429 g/mol. The fourth-order valence-corrected chi connectivity index (χ4v) is 5.44. The Morgan fingerprint density at radius 2 is 1.71 bits per heavy atom. The van der Waals surface area contributed by atoms with E-state index in [1.807, 2.05) is 6.07 Å². The first-order valence-corrected chi connectivity index (χ1v) is 12.6. The van der Waals surface area contributed by atoms with Crippen molar-refractivity contribution < 1.29 is 9.84 Å². The summed E-state index contributed by atoms with van der Waals surface area (Å²) < 4.78 is 5.93. The molecule has 1 saturated carbocycles. The molecule has 0 saturated heterocycles. The van der Waals surface area contributed by atoms with Crippen LogP contribution in [-0.2, 0) is 5.60 Å². The summed E-state index contributed by atoms with van der Waals surface area (Å²) in [6, 6.07) is 27.4. The summed E-state index contributed by atoms with van der Waals surface area (Å²) in [6.45, 7) is 2.85. The number of rotatable bonds is 9. The average molecular weight is 463 g/mol. The molecular formula is C31H34BNO2. The van der Waals surface area contributed by atoms with Gasteiger partial charge in [-0.2, -0.15) is 0 Å². The van der Waals surface area contributed by atoms with E-state index in [0.717, 1.165) is 39.7 Å². The van der Waals surface area contributed by atoms with Crippen molar-refractivity contribution in [3.8, 4) is 5.64 Å². The van der Waals surface area contributed by atoms with Gasteiger partial charge in [-0.15, -0.1) is 0 Å². The van der Waals surface area contributed by atoms with Crippen LogP contribution in [0.15, 0.2) is 84.8 Å². The Labute approximate surface area is 209 Å². The summed E-state index contributed by atoms with van der Waals surface area (Å²) in [5.74, 6) is 2.52. The SMILES string of the molecule is COc1bcc(C2CC2)cc1C(c1ccccc1)C(O)(CCN(C)C)c1cccc2ccccc12. The van der Waals surface area contributed by atoms with Crippen molar-refractivity contribution >= 4 is 17.7 Å². The standard InChI is InChI=1S/C31H34BNO2/c1-33(2)19-18-31(34,28-15-9-13-23-10-7-8-14-26(23)28)29(24-11-5-4-6-12-24)27-20-25(22-16-17-22)21-32-30(27)35-3/h4-15,20-22,29,34H,16-19H2,1-3H3. The summed E-state index contributed by atoms with van der Waals surface area (Å²) in [5, 5.41) is 15.2. The van der Waals surface area contributed by atoms with Crippen LogP contribution < -0.4 is 4.74 Å². The first-order chi connectivity index (χ1) is 17.0. The Morgan fingerprint density at radius 3 is 2.43 bits per heavy atom. The predicted molar refractivity (Wildman–Crippen MR) is 146 cm³/mol. The van der Waals surface area contributed by atoms with Gasteiger partial charge in [-0.25, -0.2) is 0 Å². The molecule has 35 heavy (non-hydrogen) atoms. The molecule has 2 atom stereocenters. The van der Waals surface area contributed by atoms with Gasteiger partial charge in [-0.3, -0.25) is 0 Å². The van der Waals surface area contributed by atoms with Gasteiger partial charge in [0.15, 0.2) is 0 Å². The van der Waals surface area contributed by atoms with Crippen molar-refractivity contribution in [2.75, 3.05) is 27.7 Å². The van der Waals surface area contributed by atoms with Crippen molar-refractivity contribution in [2.24, 2.45) is 0 Å². The molecule has 178 valence electrons. The molecule has 1 heterocycles. The molecule has 1 aliphatic carbocycles. The molecule has 1 N–H and O–H groups in total. The van der Waals surface area contributed by atoms with Crippen LogP contribution in [0.25, 0.3) is 10.8 Å². The van der Waals surface area contributed by atoms with Crippen LogP contribution in [0.3, 0.4) is 0 Å². The Bertz CT molecular complexity index is 1300. The van der Waals surface area contributed by atoms with Gasteiger partial charge in [0, 0.05) is 0 Å². The van der Waals surface area contributed by atoms with Crippen LogP contribution in [0.4, 0.5) is 0 Å². The van der Waals surface area contributed by atoms with Gasteiger partial charge in [0.1, 0.15) is 0 Å². The minimum atomic E-state index is -1.15. The Morgan fingerprint density at radius 1 is 1.00 bits per heavy atom. The zero-order chi connectivity index (χ0) is 24.4. The third-order valence-electron chi connectivity index (χ3n) is 7.42. The van der Waals surface area contributed by atoms with Crippen LogP contribution in [0.5, 0.6) is 5.64 Å². The van der Waals surface area contributed by atoms with Gasteiger partial charge in [0.05, 0.1) is 0 Å². The van der Waals surface area contributed by atoms with E-state index in [0.29, 0.717) is 12.3 Å². The van der Waals surface area contributed by atoms with Gasteiger partial charge in [-0.05, 0) is 0 Å².